The summed E-state index contributed by atoms with van der Waals surface area (Å²) in [6.07, 6.45) is 1.42. The maximum absolute atomic E-state index is 12.7. The second kappa shape index (κ2) is 12.2. The van der Waals surface area contributed by atoms with Crippen molar-refractivity contribution >= 4 is 45.2 Å². The van der Waals surface area contributed by atoms with Gasteiger partial charge in [-0.1, -0.05) is 34.1 Å². The van der Waals surface area contributed by atoms with Gasteiger partial charge < -0.3 is 20.1 Å². The summed E-state index contributed by atoms with van der Waals surface area (Å²) in [4.78, 5) is 24.9. The molecule has 0 fully saturated rings. The van der Waals surface area contributed by atoms with Crippen molar-refractivity contribution < 1.29 is 19.1 Å². The van der Waals surface area contributed by atoms with Crippen LogP contribution in [0.5, 0.6) is 11.5 Å². The van der Waals surface area contributed by atoms with E-state index in [4.69, 9.17) is 9.47 Å². The number of hydrogen-bond acceptors (Lipinski definition) is 5. The molecule has 0 atom stereocenters. The van der Waals surface area contributed by atoms with E-state index in [1.807, 2.05) is 31.2 Å². The minimum atomic E-state index is -0.570. The Morgan fingerprint density at radius 2 is 1.68 bits per heavy atom. The van der Waals surface area contributed by atoms with Crippen molar-refractivity contribution in [1.29, 1.82) is 5.26 Å². The molecule has 34 heavy (non-hydrogen) atoms. The van der Waals surface area contributed by atoms with Gasteiger partial charge in [0.15, 0.2) is 6.61 Å². The first-order chi connectivity index (χ1) is 16.5. The number of carbonyl (C=O) groups excluding carboxylic acids is 2. The number of benzene rings is 3. The van der Waals surface area contributed by atoms with Crippen LogP contribution in [0.2, 0.25) is 0 Å². The van der Waals surface area contributed by atoms with Crippen LogP contribution < -0.4 is 20.1 Å². The molecule has 0 unspecified atom stereocenters. The van der Waals surface area contributed by atoms with E-state index in [0.29, 0.717) is 35.0 Å². The van der Waals surface area contributed by atoms with Gasteiger partial charge in [-0.05, 0) is 67.6 Å². The van der Waals surface area contributed by atoms with Gasteiger partial charge in [0.2, 0.25) is 0 Å². The quantitative estimate of drug-likeness (QED) is 0.290. The molecule has 3 aromatic carbocycles. The molecule has 0 aliphatic rings. The Morgan fingerprint density at radius 3 is 2.35 bits per heavy atom. The van der Waals surface area contributed by atoms with E-state index >= 15 is 0 Å². The topological polar surface area (TPSA) is 100 Å². The maximum Gasteiger partial charge on any atom is 0.266 e. The van der Waals surface area contributed by atoms with Crippen LogP contribution in [-0.4, -0.2) is 25.0 Å². The first kappa shape index (κ1) is 24.6. The maximum atomic E-state index is 12.7. The number of nitrogens with zero attached hydrogens (tertiary/aromatic N) is 1. The SMILES string of the molecule is CCOc1ccc(NC(=O)/C(C#N)=C/c2cc(Br)ccc2OCC(=O)Nc2ccccc2)cc1. The average Bonchev–Trinajstić information content (AvgIpc) is 2.84. The summed E-state index contributed by atoms with van der Waals surface area (Å²) in [6.45, 7) is 2.19. The predicted molar refractivity (Wildman–Crippen MR) is 135 cm³/mol. The Balaban J connectivity index is 1.72. The second-order valence-electron chi connectivity index (χ2n) is 6.97. The summed E-state index contributed by atoms with van der Waals surface area (Å²) in [5.41, 5.74) is 1.54. The summed E-state index contributed by atoms with van der Waals surface area (Å²) >= 11 is 3.38. The number of halogens is 1. The molecular weight excluding hydrogens is 498 g/mol. The van der Waals surface area contributed by atoms with Crippen LogP contribution in [0.15, 0.2) is 82.8 Å². The molecule has 0 aromatic heterocycles. The highest BCUT2D eigenvalue weighted by Gasteiger charge is 2.13. The summed E-state index contributed by atoms with van der Waals surface area (Å²) in [5, 5.41) is 15.0. The lowest BCUT2D eigenvalue weighted by Crippen LogP contribution is -2.20. The molecule has 7 nitrogen and oxygen atoms in total. The fraction of sp³-hybridized carbons (Fsp3) is 0.115. The fourth-order valence-electron chi connectivity index (χ4n) is 2.93. The molecule has 0 spiro atoms. The molecule has 8 heteroatoms. The molecule has 2 N–H and O–H groups in total. The van der Waals surface area contributed by atoms with Gasteiger partial charge in [-0.25, -0.2) is 0 Å². The number of ether oxygens (including phenoxy) is 2. The molecule has 2 amide bonds. The zero-order valence-electron chi connectivity index (χ0n) is 18.4. The first-order valence-electron chi connectivity index (χ1n) is 10.4. The molecule has 0 heterocycles. The molecule has 0 saturated heterocycles. The molecule has 0 aliphatic carbocycles. The van der Waals surface area contributed by atoms with E-state index in [1.165, 1.54) is 6.08 Å². The van der Waals surface area contributed by atoms with Crippen LogP contribution in [0.25, 0.3) is 6.08 Å². The van der Waals surface area contributed by atoms with Crippen molar-refractivity contribution in [3.8, 4) is 17.6 Å². The average molecular weight is 520 g/mol. The van der Waals surface area contributed by atoms with Crippen molar-refractivity contribution in [3.05, 3.63) is 88.4 Å². The van der Waals surface area contributed by atoms with Crippen LogP contribution in [0.1, 0.15) is 12.5 Å². The van der Waals surface area contributed by atoms with Crippen molar-refractivity contribution in [1.82, 2.24) is 0 Å². The first-order valence-corrected chi connectivity index (χ1v) is 11.2. The molecule has 0 bridgehead atoms. The van der Waals surface area contributed by atoms with Crippen LogP contribution in [-0.2, 0) is 9.59 Å². The van der Waals surface area contributed by atoms with Crippen LogP contribution in [0.3, 0.4) is 0 Å². The molecule has 3 aromatic rings. The molecule has 3 rings (SSSR count). The Morgan fingerprint density at radius 1 is 0.971 bits per heavy atom. The predicted octanol–water partition coefficient (Wildman–Crippen LogP) is 5.41. The number of nitrogens with one attached hydrogen (secondary N) is 2. The van der Waals surface area contributed by atoms with Crippen LogP contribution in [0.4, 0.5) is 11.4 Å². The molecule has 0 radical (unpaired) electrons. The second-order valence-corrected chi connectivity index (χ2v) is 7.88. The van der Waals surface area contributed by atoms with Gasteiger partial charge in [0, 0.05) is 21.4 Å². The number of rotatable bonds is 9. The van der Waals surface area contributed by atoms with Crippen molar-refractivity contribution in [3.63, 3.8) is 0 Å². The van der Waals surface area contributed by atoms with Crippen LogP contribution in [0, 0.1) is 11.3 Å². The normalized spacial score (nSPS) is 10.7. The molecule has 0 aliphatic heterocycles. The number of hydrogen-bond donors (Lipinski definition) is 2. The lowest BCUT2D eigenvalue weighted by Gasteiger charge is -2.11. The highest BCUT2D eigenvalue weighted by Crippen LogP contribution is 2.26. The van der Waals surface area contributed by atoms with Gasteiger partial charge in [0.05, 0.1) is 6.61 Å². The highest BCUT2D eigenvalue weighted by molar-refractivity contribution is 9.10. The van der Waals surface area contributed by atoms with Gasteiger partial charge in [-0.2, -0.15) is 5.26 Å². The largest absolute Gasteiger partial charge is 0.494 e. The summed E-state index contributed by atoms with van der Waals surface area (Å²) in [5.74, 6) is 0.133. The standard InChI is InChI=1S/C26H22BrN3O4/c1-2-33-23-11-9-22(10-12-23)30-26(32)19(16-28)14-18-15-20(27)8-13-24(18)34-17-25(31)29-21-6-4-3-5-7-21/h3-15H,2,17H2,1H3,(H,29,31)(H,30,32)/b19-14+. The van der Waals surface area contributed by atoms with E-state index < -0.39 is 5.91 Å². The summed E-state index contributed by atoms with van der Waals surface area (Å²) in [7, 11) is 0. The Bertz CT molecular complexity index is 1220. The van der Waals surface area contributed by atoms with E-state index in [2.05, 4.69) is 26.6 Å². The zero-order valence-corrected chi connectivity index (χ0v) is 20.0. The molecular formula is C26H22BrN3O4. The van der Waals surface area contributed by atoms with E-state index in [0.717, 1.165) is 4.47 Å². The van der Waals surface area contributed by atoms with E-state index in [-0.39, 0.29) is 18.1 Å². The van der Waals surface area contributed by atoms with E-state index in [1.54, 1.807) is 54.6 Å². The van der Waals surface area contributed by atoms with E-state index in [9.17, 15) is 14.9 Å². The smallest absolute Gasteiger partial charge is 0.266 e. The lowest BCUT2D eigenvalue weighted by atomic mass is 10.1. The Kier molecular flexibility index (Phi) is 8.83. The van der Waals surface area contributed by atoms with Crippen LogP contribution >= 0.6 is 15.9 Å². The summed E-state index contributed by atoms with van der Waals surface area (Å²) < 4.78 is 11.8. The highest BCUT2D eigenvalue weighted by atomic mass is 79.9. The number of nitriles is 1. The summed E-state index contributed by atoms with van der Waals surface area (Å²) in [6, 6.07) is 22.9. The van der Waals surface area contributed by atoms with Gasteiger partial charge in [-0.3, -0.25) is 9.59 Å². The Labute approximate surface area is 206 Å². The number of carbonyl (C=O) groups is 2. The minimum Gasteiger partial charge on any atom is -0.494 e. The third kappa shape index (κ3) is 7.22. The molecule has 0 saturated carbocycles. The van der Waals surface area contributed by atoms with Crippen molar-refractivity contribution in [2.24, 2.45) is 0 Å². The molecule has 172 valence electrons. The monoisotopic (exact) mass is 519 g/mol. The van der Waals surface area contributed by atoms with Crippen molar-refractivity contribution in [2.45, 2.75) is 6.92 Å². The Hall–Kier alpha value is -4.09. The van der Waals surface area contributed by atoms with Gasteiger partial charge >= 0.3 is 0 Å². The van der Waals surface area contributed by atoms with Gasteiger partial charge in [0.25, 0.3) is 11.8 Å². The third-order valence-electron chi connectivity index (χ3n) is 4.48. The lowest BCUT2D eigenvalue weighted by molar-refractivity contribution is -0.118. The minimum absolute atomic E-state index is 0.120. The third-order valence-corrected chi connectivity index (χ3v) is 4.97. The number of para-hydroxylation sites is 1. The zero-order chi connectivity index (χ0) is 24.3. The number of amides is 2. The fourth-order valence-corrected chi connectivity index (χ4v) is 3.31. The van der Waals surface area contributed by atoms with Gasteiger partial charge in [-0.15, -0.1) is 0 Å². The number of anilines is 2. The van der Waals surface area contributed by atoms with Gasteiger partial charge in [0.1, 0.15) is 23.1 Å². The van der Waals surface area contributed by atoms with Crippen molar-refractivity contribution in [2.75, 3.05) is 23.8 Å².